The highest BCUT2D eigenvalue weighted by atomic mass is 32.2. The summed E-state index contributed by atoms with van der Waals surface area (Å²) >= 11 is 0. The van der Waals surface area contributed by atoms with E-state index in [0.29, 0.717) is 23.2 Å². The Labute approximate surface area is 244 Å². The second kappa shape index (κ2) is 12.8. The number of hydrogen-bond donors (Lipinski definition) is 5. The van der Waals surface area contributed by atoms with Gasteiger partial charge in [0.15, 0.2) is 0 Å². The molecule has 7 N–H and O–H groups in total. The summed E-state index contributed by atoms with van der Waals surface area (Å²) in [5, 5.41) is 23.5. The van der Waals surface area contributed by atoms with E-state index in [2.05, 4.69) is 9.71 Å². The minimum absolute atomic E-state index is 0.0504. The Kier molecular flexibility index (Phi) is 9.63. The van der Waals surface area contributed by atoms with Crippen molar-refractivity contribution in [3.63, 3.8) is 0 Å². The fourth-order valence-corrected chi connectivity index (χ4v) is 7.26. The van der Waals surface area contributed by atoms with Crippen molar-refractivity contribution in [2.24, 2.45) is 28.3 Å². The van der Waals surface area contributed by atoms with Crippen LogP contribution in [0.3, 0.4) is 0 Å². The van der Waals surface area contributed by atoms with Gasteiger partial charge in [-0.05, 0) is 80.2 Å². The molecule has 3 amide bonds. The van der Waals surface area contributed by atoms with E-state index in [0.717, 1.165) is 18.2 Å². The Morgan fingerprint density at radius 2 is 1.86 bits per heavy atom. The predicted octanol–water partition coefficient (Wildman–Crippen LogP) is 1.40. The molecule has 2 aliphatic rings. The maximum atomic E-state index is 13.2. The number of amides is 3. The van der Waals surface area contributed by atoms with Crippen LogP contribution in [0.1, 0.15) is 45.4 Å². The van der Waals surface area contributed by atoms with E-state index in [1.165, 1.54) is 24.1 Å². The lowest BCUT2D eigenvalue weighted by Crippen LogP contribution is -2.71. The van der Waals surface area contributed by atoms with Crippen LogP contribution < -0.4 is 16.2 Å². The molecule has 0 aromatic heterocycles. The van der Waals surface area contributed by atoms with Crippen LogP contribution >= 0.6 is 0 Å². The minimum Gasteiger partial charge on any atom is -0.464 e. The van der Waals surface area contributed by atoms with Crippen LogP contribution in [0.25, 0.3) is 10.8 Å². The standard InChI is InChI=1S/C28H38N6O7S/c1-18(32-42(40,41)22-12-11-19-6-2-3-7-21(19)16-22)25(36)31-24(17-29)34(27(38)39)33-14-4-8-23(20-9-10-20)28(33,26(30)37)13-5-15-35/h2-3,6-7,11-12,16,18,20,23,32,35H,4-5,8-10,13-15,17,29H2,1H3,(H2,30,37)(H,38,39)/t18?,23-,28-/m0/s1. The second-order valence-corrected chi connectivity index (χ2v) is 12.6. The number of rotatable bonds is 11. The lowest BCUT2D eigenvalue weighted by molar-refractivity contribution is -0.157. The van der Waals surface area contributed by atoms with Crippen LogP contribution in [0.4, 0.5) is 4.79 Å². The molecule has 1 aliphatic carbocycles. The van der Waals surface area contributed by atoms with Crippen molar-refractivity contribution in [3.05, 3.63) is 42.5 Å². The third kappa shape index (κ3) is 6.32. The van der Waals surface area contributed by atoms with Crippen molar-refractivity contribution in [1.82, 2.24) is 14.7 Å². The van der Waals surface area contributed by atoms with Crippen LogP contribution in [0.15, 0.2) is 52.4 Å². The van der Waals surface area contributed by atoms with Crippen LogP contribution in [0, 0.1) is 11.8 Å². The van der Waals surface area contributed by atoms with E-state index in [1.54, 1.807) is 18.2 Å². The van der Waals surface area contributed by atoms with Gasteiger partial charge in [-0.25, -0.2) is 13.2 Å². The molecule has 14 heteroatoms. The first-order chi connectivity index (χ1) is 20.0. The molecule has 0 bridgehead atoms. The maximum Gasteiger partial charge on any atom is 0.427 e. The molecule has 1 heterocycles. The number of piperidine rings is 1. The van der Waals surface area contributed by atoms with Crippen molar-refractivity contribution in [2.75, 3.05) is 19.7 Å². The predicted molar refractivity (Wildman–Crippen MR) is 155 cm³/mol. The monoisotopic (exact) mass is 602 g/mol. The molecule has 0 spiro atoms. The molecule has 42 heavy (non-hydrogen) atoms. The number of fused-ring (bicyclic) bond motifs is 1. The van der Waals surface area contributed by atoms with Gasteiger partial charge in [0.2, 0.25) is 15.9 Å². The van der Waals surface area contributed by atoms with E-state index >= 15 is 0 Å². The molecule has 228 valence electrons. The maximum absolute atomic E-state index is 13.2. The Morgan fingerprint density at radius 3 is 2.45 bits per heavy atom. The number of nitrogens with two attached hydrogens (primary N) is 2. The molecule has 4 rings (SSSR count). The number of nitrogens with one attached hydrogen (secondary N) is 1. The number of sulfonamides is 1. The largest absolute Gasteiger partial charge is 0.464 e. The number of carbonyl (C=O) groups is 3. The molecule has 2 aromatic rings. The minimum atomic E-state index is -4.14. The van der Waals surface area contributed by atoms with Gasteiger partial charge in [-0.1, -0.05) is 30.3 Å². The number of aliphatic hydroxyl groups excluding tert-OH is 1. The van der Waals surface area contributed by atoms with Crippen LogP contribution in [-0.2, 0) is 19.6 Å². The lowest BCUT2D eigenvalue weighted by atomic mass is 9.71. The van der Waals surface area contributed by atoms with Crippen LogP contribution in [-0.4, -0.2) is 83.7 Å². The fraction of sp³-hybridized carbons (Fsp3) is 0.500. The number of aliphatic hydroxyl groups is 1. The van der Waals surface area contributed by atoms with E-state index in [9.17, 15) is 33.0 Å². The van der Waals surface area contributed by atoms with Crippen molar-refractivity contribution in [1.29, 1.82) is 0 Å². The molecule has 3 atom stereocenters. The molecule has 2 aromatic carbocycles. The zero-order valence-electron chi connectivity index (χ0n) is 23.5. The number of hydrogen-bond acceptors (Lipinski definition) is 8. The van der Waals surface area contributed by atoms with Gasteiger partial charge < -0.3 is 21.7 Å². The summed E-state index contributed by atoms with van der Waals surface area (Å²) in [6.45, 7) is 0.698. The Morgan fingerprint density at radius 1 is 1.17 bits per heavy atom. The summed E-state index contributed by atoms with van der Waals surface area (Å²) in [7, 11) is -4.14. The summed E-state index contributed by atoms with van der Waals surface area (Å²) < 4.78 is 28.5. The molecule has 13 nitrogen and oxygen atoms in total. The smallest absolute Gasteiger partial charge is 0.427 e. The Hall–Kier alpha value is -3.43. The zero-order valence-corrected chi connectivity index (χ0v) is 24.3. The lowest BCUT2D eigenvalue weighted by Gasteiger charge is -2.53. The summed E-state index contributed by atoms with van der Waals surface area (Å²) in [4.78, 5) is 42.9. The van der Waals surface area contributed by atoms with Crippen LogP contribution in [0.5, 0.6) is 0 Å². The first-order valence-corrected chi connectivity index (χ1v) is 15.5. The van der Waals surface area contributed by atoms with Gasteiger partial charge in [0.1, 0.15) is 17.4 Å². The summed E-state index contributed by atoms with van der Waals surface area (Å²) in [5.74, 6) is -2.14. The first kappa shape index (κ1) is 31.5. The summed E-state index contributed by atoms with van der Waals surface area (Å²) in [6, 6.07) is 10.4. The van der Waals surface area contributed by atoms with E-state index < -0.39 is 46.1 Å². The number of primary amides is 1. The van der Waals surface area contributed by atoms with Crippen molar-refractivity contribution in [2.45, 2.75) is 61.9 Å². The van der Waals surface area contributed by atoms with Crippen LogP contribution in [0.2, 0.25) is 0 Å². The molecule has 1 saturated carbocycles. The molecular weight excluding hydrogens is 564 g/mol. The number of benzene rings is 2. The molecular formula is C28H38N6O7S. The Bertz CT molecular complexity index is 1480. The number of aliphatic imine (C=N–C) groups is 1. The van der Waals surface area contributed by atoms with E-state index in [4.69, 9.17) is 11.5 Å². The van der Waals surface area contributed by atoms with E-state index in [1.807, 2.05) is 12.1 Å². The zero-order chi connectivity index (χ0) is 30.7. The van der Waals surface area contributed by atoms with Gasteiger partial charge in [0, 0.05) is 13.2 Å². The summed E-state index contributed by atoms with van der Waals surface area (Å²) in [5.41, 5.74) is 10.4. The highest BCUT2D eigenvalue weighted by Gasteiger charge is 2.58. The van der Waals surface area contributed by atoms with Crippen molar-refractivity contribution >= 4 is 44.5 Å². The number of carbonyl (C=O) groups excluding carboxylic acids is 2. The fourth-order valence-electron chi connectivity index (χ4n) is 6.03. The molecule has 1 unspecified atom stereocenters. The SMILES string of the molecule is CC(NS(=O)(=O)c1ccc2ccccc2c1)C(=O)N=C(CN)N(C(=O)O)N1CCC[C@@H](C2CC2)[C@@]1(CCCO)C(N)=O. The van der Waals surface area contributed by atoms with Gasteiger partial charge in [-0.2, -0.15) is 19.7 Å². The number of hydrazine groups is 1. The molecule has 1 aliphatic heterocycles. The van der Waals surface area contributed by atoms with Crippen molar-refractivity contribution < 1.29 is 33.0 Å². The van der Waals surface area contributed by atoms with Gasteiger partial charge in [0.05, 0.1) is 11.4 Å². The average molecular weight is 603 g/mol. The third-order valence-corrected chi connectivity index (χ3v) is 9.65. The first-order valence-electron chi connectivity index (χ1n) is 14.0. The van der Waals surface area contributed by atoms with E-state index in [-0.39, 0.29) is 48.6 Å². The number of amidine groups is 1. The number of carboxylic acid groups (broad SMARTS) is 1. The molecule has 2 fully saturated rings. The van der Waals surface area contributed by atoms with Gasteiger partial charge in [-0.15, -0.1) is 0 Å². The second-order valence-electron chi connectivity index (χ2n) is 10.8. The van der Waals surface area contributed by atoms with Gasteiger partial charge in [-0.3, -0.25) is 9.59 Å². The van der Waals surface area contributed by atoms with Gasteiger partial charge >= 0.3 is 6.09 Å². The van der Waals surface area contributed by atoms with Gasteiger partial charge in [0.25, 0.3) is 5.91 Å². The quantitative estimate of drug-likeness (QED) is 0.186. The highest BCUT2D eigenvalue weighted by molar-refractivity contribution is 7.89. The molecule has 1 saturated heterocycles. The molecule has 0 radical (unpaired) electrons. The summed E-state index contributed by atoms with van der Waals surface area (Å²) in [6.07, 6.45) is 1.77. The highest BCUT2D eigenvalue weighted by Crippen LogP contribution is 2.50. The average Bonchev–Trinajstić information content (AvgIpc) is 3.80. The Balaban J connectivity index is 1.64. The topological polar surface area (TPSA) is 209 Å². The van der Waals surface area contributed by atoms with Crippen molar-refractivity contribution in [3.8, 4) is 0 Å². The number of nitrogens with zero attached hydrogens (tertiary/aromatic N) is 3. The normalized spacial score (nSPS) is 22.5. The third-order valence-electron chi connectivity index (χ3n) is 8.12.